The Hall–Kier alpha value is -1.33. The van der Waals surface area contributed by atoms with E-state index in [4.69, 9.17) is 9.97 Å². The quantitative estimate of drug-likeness (QED) is 0.220. The minimum Gasteiger partial charge on any atom is -0.261 e. The fraction of sp³-hybridized carbons (Fsp3) is 0.533. The third kappa shape index (κ3) is 6.69. The van der Waals surface area contributed by atoms with Crippen molar-refractivity contribution in [2.75, 3.05) is 0 Å². The van der Waals surface area contributed by atoms with Crippen LogP contribution in [0.1, 0.15) is 64.1 Å². The van der Waals surface area contributed by atoms with Crippen LogP contribution in [0.25, 0.3) is 0 Å². The molecule has 1 atom stereocenters. The van der Waals surface area contributed by atoms with Crippen molar-refractivity contribution in [2.45, 2.75) is 102 Å². The minimum absolute atomic E-state index is 0.213. The van der Waals surface area contributed by atoms with E-state index in [1.54, 1.807) is 35.2 Å². The van der Waals surface area contributed by atoms with E-state index in [1.807, 2.05) is 12.4 Å². The highest BCUT2D eigenvalue weighted by Crippen LogP contribution is 2.62. The van der Waals surface area contributed by atoms with Crippen LogP contribution in [0.5, 0.6) is 0 Å². The lowest BCUT2D eigenvalue weighted by molar-refractivity contribution is 0.701. The second-order valence-corrected chi connectivity index (χ2v) is 29.3. The molecular formula is C30H48N4P2Si2. The second kappa shape index (κ2) is 10.9. The Morgan fingerprint density at radius 3 is 1.45 bits per heavy atom. The fourth-order valence-electron chi connectivity index (χ4n) is 5.45. The first-order valence-corrected chi connectivity index (χ1v) is 22.7. The zero-order chi connectivity index (χ0) is 28.7. The Balaban J connectivity index is 2.50. The Bertz CT molecular complexity index is 1190. The molecule has 3 rings (SSSR count). The first-order valence-electron chi connectivity index (χ1n) is 13.6. The van der Waals surface area contributed by atoms with E-state index in [9.17, 15) is 0 Å². The van der Waals surface area contributed by atoms with Gasteiger partial charge in [0.25, 0.3) is 0 Å². The van der Waals surface area contributed by atoms with E-state index >= 15 is 0 Å². The van der Waals surface area contributed by atoms with Gasteiger partial charge < -0.3 is 0 Å². The summed E-state index contributed by atoms with van der Waals surface area (Å²) < 4.78 is 0. The first-order chi connectivity index (χ1) is 17.3. The highest BCUT2D eigenvalue weighted by Gasteiger charge is 2.42. The van der Waals surface area contributed by atoms with Crippen molar-refractivity contribution in [1.82, 2.24) is 19.9 Å². The van der Waals surface area contributed by atoms with Gasteiger partial charge in [0.05, 0.1) is 45.1 Å². The van der Waals surface area contributed by atoms with Crippen LogP contribution in [-0.4, -0.2) is 46.4 Å². The summed E-state index contributed by atoms with van der Waals surface area (Å²) in [7, 11) is -0.505. The smallest absolute Gasteiger partial charge is 0.0966 e. The molecule has 1 unspecified atom stereocenters. The maximum Gasteiger partial charge on any atom is 0.0966 e. The summed E-state index contributed by atoms with van der Waals surface area (Å²) in [6, 6.07) is 5.15. The van der Waals surface area contributed by atoms with E-state index < -0.39 is 21.3 Å². The van der Waals surface area contributed by atoms with Gasteiger partial charge in [0.1, 0.15) is 0 Å². The fourth-order valence-corrected chi connectivity index (χ4v) is 14.8. The average Bonchev–Trinajstić information content (AvgIpc) is 2.80. The minimum atomic E-state index is -1.68. The Labute approximate surface area is 237 Å². The van der Waals surface area contributed by atoms with Crippen LogP contribution < -0.4 is 10.4 Å². The van der Waals surface area contributed by atoms with Gasteiger partial charge in [0, 0.05) is 24.8 Å². The van der Waals surface area contributed by atoms with Crippen molar-refractivity contribution < 1.29 is 0 Å². The maximum atomic E-state index is 4.86. The summed E-state index contributed by atoms with van der Waals surface area (Å²) in [6.45, 7) is 29.4. The Morgan fingerprint density at radius 1 is 0.684 bits per heavy atom. The number of nitrogens with zero attached hydrogens (tertiary/aromatic N) is 4. The summed E-state index contributed by atoms with van der Waals surface area (Å²) >= 11 is 0. The van der Waals surface area contributed by atoms with Crippen molar-refractivity contribution in [3.8, 4) is 0 Å². The standard InChI is InChI=1S/C30H48N4P2Si2/c1-28(2,3)36(29(4,5)6)21-22-17-24(37(7,8)9)25(38(10,11)12)18-23(22)30(35,26-19-31-13-15-33-26)27-20-32-14-16-34-27/h13-20H,21,35H2,1-12H3. The van der Waals surface area contributed by atoms with E-state index in [1.165, 1.54) is 11.1 Å². The second-order valence-electron chi connectivity index (χ2n) is 14.5. The van der Waals surface area contributed by atoms with Crippen LogP contribution in [0, 0.1) is 0 Å². The van der Waals surface area contributed by atoms with Gasteiger partial charge >= 0.3 is 0 Å². The predicted octanol–water partition coefficient (Wildman–Crippen LogP) is 7.10. The lowest BCUT2D eigenvalue weighted by atomic mass is 9.88. The molecule has 8 heteroatoms. The zero-order valence-corrected chi connectivity index (χ0v) is 29.7. The van der Waals surface area contributed by atoms with Gasteiger partial charge in [-0.1, -0.05) is 111 Å². The Kier molecular flexibility index (Phi) is 8.97. The van der Waals surface area contributed by atoms with Gasteiger partial charge in [-0.2, -0.15) is 0 Å². The molecule has 0 fully saturated rings. The van der Waals surface area contributed by atoms with Gasteiger partial charge in [-0.25, -0.2) is 0 Å². The lowest BCUT2D eigenvalue weighted by Crippen LogP contribution is -2.57. The molecule has 2 aromatic heterocycles. The van der Waals surface area contributed by atoms with Crippen molar-refractivity contribution >= 4 is 43.7 Å². The van der Waals surface area contributed by atoms with Crippen LogP contribution in [0.3, 0.4) is 0 Å². The molecule has 2 heterocycles. The molecule has 0 N–H and O–H groups in total. The number of benzene rings is 1. The molecule has 0 aliphatic rings. The van der Waals surface area contributed by atoms with E-state index in [0.717, 1.165) is 17.5 Å². The lowest BCUT2D eigenvalue weighted by Gasteiger charge is -2.43. The molecular weight excluding hydrogens is 534 g/mol. The monoisotopic (exact) mass is 582 g/mol. The molecule has 0 saturated carbocycles. The van der Waals surface area contributed by atoms with Gasteiger partial charge in [0.15, 0.2) is 0 Å². The predicted molar refractivity (Wildman–Crippen MR) is 176 cm³/mol. The van der Waals surface area contributed by atoms with E-state index in [2.05, 4.69) is 112 Å². The zero-order valence-electron chi connectivity index (χ0n) is 25.6. The third-order valence-corrected chi connectivity index (χ3v) is 16.3. The normalized spacial score (nSPS) is 13.7. The highest BCUT2D eigenvalue weighted by atomic mass is 31.1. The van der Waals surface area contributed by atoms with E-state index in [0.29, 0.717) is 0 Å². The van der Waals surface area contributed by atoms with Crippen molar-refractivity contribution in [1.29, 1.82) is 0 Å². The molecule has 4 nitrogen and oxygen atoms in total. The van der Waals surface area contributed by atoms with Gasteiger partial charge in [-0.15, -0.1) is 9.24 Å². The SMILES string of the molecule is CC(C)(C)P(Cc1cc([Si](C)(C)C)c([Si](C)(C)C)cc1C(P)(c1cnccn1)c1cnccn1)C(C)(C)C. The number of hydrogen-bond donors (Lipinski definition) is 0. The third-order valence-electron chi connectivity index (χ3n) is 7.17. The van der Waals surface area contributed by atoms with Crippen LogP contribution in [0.15, 0.2) is 49.3 Å². The van der Waals surface area contributed by atoms with Crippen LogP contribution in [0.4, 0.5) is 0 Å². The molecule has 38 heavy (non-hydrogen) atoms. The van der Waals surface area contributed by atoms with Crippen molar-refractivity contribution in [3.63, 3.8) is 0 Å². The molecule has 0 aliphatic heterocycles. The van der Waals surface area contributed by atoms with Crippen LogP contribution in [-0.2, 0) is 11.3 Å². The summed E-state index contributed by atoms with van der Waals surface area (Å²) in [5, 5.41) is 2.94. The first kappa shape index (κ1) is 31.2. The number of aromatic nitrogens is 4. The molecule has 0 spiro atoms. The molecule has 0 bridgehead atoms. The van der Waals surface area contributed by atoms with Gasteiger partial charge in [-0.05, 0) is 27.6 Å². The summed E-state index contributed by atoms with van der Waals surface area (Å²) in [4.78, 5) is 18.7. The molecule has 206 valence electrons. The topological polar surface area (TPSA) is 51.6 Å². The van der Waals surface area contributed by atoms with Gasteiger partial charge in [0.2, 0.25) is 0 Å². The average molecular weight is 583 g/mol. The van der Waals surface area contributed by atoms with Gasteiger partial charge in [-0.3, -0.25) is 19.9 Å². The summed E-state index contributed by atoms with van der Waals surface area (Å²) in [5.41, 5.74) is 4.46. The number of rotatable bonds is 7. The largest absolute Gasteiger partial charge is 0.261 e. The van der Waals surface area contributed by atoms with Crippen molar-refractivity contribution in [3.05, 3.63) is 71.8 Å². The molecule has 0 saturated heterocycles. The van der Waals surface area contributed by atoms with Crippen LogP contribution >= 0.6 is 17.2 Å². The molecule has 0 radical (unpaired) electrons. The molecule has 0 amide bonds. The molecule has 0 aliphatic carbocycles. The Morgan fingerprint density at radius 2 is 1.11 bits per heavy atom. The molecule has 1 aromatic carbocycles. The summed E-state index contributed by atoms with van der Waals surface area (Å²) in [5.74, 6) is 0. The highest BCUT2D eigenvalue weighted by molar-refractivity contribution is 7.60. The maximum absolute atomic E-state index is 4.86. The van der Waals surface area contributed by atoms with Crippen LogP contribution in [0.2, 0.25) is 39.3 Å². The summed E-state index contributed by atoms with van der Waals surface area (Å²) in [6.07, 6.45) is 11.9. The van der Waals surface area contributed by atoms with Crippen molar-refractivity contribution in [2.24, 2.45) is 0 Å². The van der Waals surface area contributed by atoms with E-state index in [-0.39, 0.29) is 18.2 Å². The number of hydrogen-bond acceptors (Lipinski definition) is 4. The molecule has 3 aromatic rings.